The van der Waals surface area contributed by atoms with Crippen LogP contribution in [0.5, 0.6) is 0 Å². The zero-order chi connectivity index (χ0) is 15.4. The second-order valence-electron chi connectivity index (χ2n) is 5.00. The molecule has 0 atom stereocenters. The van der Waals surface area contributed by atoms with Crippen LogP contribution >= 0.6 is 0 Å². The topological polar surface area (TPSA) is 65.7 Å². The molecule has 0 radical (unpaired) electrons. The molecule has 1 heterocycles. The Labute approximate surface area is 122 Å². The molecule has 0 fully saturated rings. The third-order valence-electron chi connectivity index (χ3n) is 2.95. The van der Waals surface area contributed by atoms with Gasteiger partial charge in [-0.2, -0.15) is 0 Å². The van der Waals surface area contributed by atoms with Crippen LogP contribution in [0.15, 0.2) is 28.7 Å². The van der Waals surface area contributed by atoms with Crippen LogP contribution in [0, 0.1) is 0 Å². The van der Waals surface area contributed by atoms with Gasteiger partial charge in [-0.15, -0.1) is 0 Å². The molecule has 5 nitrogen and oxygen atoms in total. The molecule has 0 aliphatic heterocycles. The Morgan fingerprint density at radius 1 is 1.24 bits per heavy atom. The normalized spacial score (nSPS) is 10.9. The molecular weight excluding hydrogens is 272 g/mol. The average molecular weight is 290 g/mol. The summed E-state index contributed by atoms with van der Waals surface area (Å²) >= 11 is 0. The highest BCUT2D eigenvalue weighted by atomic mass is 16.5. The summed E-state index contributed by atoms with van der Waals surface area (Å²) in [6, 6.07) is 6.95. The number of esters is 2. The number of benzene rings is 1. The molecule has 1 aromatic carbocycles. The second-order valence-corrected chi connectivity index (χ2v) is 5.00. The fourth-order valence-electron chi connectivity index (χ4n) is 1.96. The second kappa shape index (κ2) is 6.43. The first-order valence-corrected chi connectivity index (χ1v) is 6.80. The quantitative estimate of drug-likeness (QED) is 0.792. The van der Waals surface area contributed by atoms with Gasteiger partial charge in [0.1, 0.15) is 11.3 Å². The van der Waals surface area contributed by atoms with E-state index in [0.29, 0.717) is 23.3 Å². The molecule has 0 saturated heterocycles. The van der Waals surface area contributed by atoms with Gasteiger partial charge in [0.25, 0.3) is 0 Å². The van der Waals surface area contributed by atoms with Crippen LogP contribution in [-0.4, -0.2) is 25.2 Å². The molecule has 2 aromatic rings. The van der Waals surface area contributed by atoms with Crippen molar-refractivity contribution in [2.75, 3.05) is 7.11 Å². The molecule has 5 heteroatoms. The summed E-state index contributed by atoms with van der Waals surface area (Å²) in [5.74, 6) is 0.0469. The van der Waals surface area contributed by atoms with Gasteiger partial charge in [-0.05, 0) is 38.1 Å². The molecule has 0 unspecified atom stereocenters. The molecular formula is C16H18O5. The fraction of sp³-hybridized carbons (Fsp3) is 0.375. The highest BCUT2D eigenvalue weighted by Gasteiger charge is 2.12. The van der Waals surface area contributed by atoms with Crippen molar-refractivity contribution in [2.45, 2.75) is 32.8 Å². The van der Waals surface area contributed by atoms with E-state index < -0.39 is 0 Å². The Balaban J connectivity index is 2.16. The number of rotatable bonds is 5. The summed E-state index contributed by atoms with van der Waals surface area (Å²) in [6.45, 7) is 3.61. The van der Waals surface area contributed by atoms with E-state index in [9.17, 15) is 9.59 Å². The van der Waals surface area contributed by atoms with E-state index in [0.717, 1.165) is 5.39 Å². The Morgan fingerprint density at radius 3 is 2.67 bits per heavy atom. The van der Waals surface area contributed by atoms with Gasteiger partial charge in [-0.1, -0.05) is 0 Å². The van der Waals surface area contributed by atoms with Crippen LogP contribution < -0.4 is 0 Å². The van der Waals surface area contributed by atoms with E-state index >= 15 is 0 Å². The Morgan fingerprint density at radius 2 is 2.00 bits per heavy atom. The zero-order valence-electron chi connectivity index (χ0n) is 12.3. The highest BCUT2D eigenvalue weighted by molar-refractivity contribution is 5.94. The van der Waals surface area contributed by atoms with Crippen LogP contribution in [0.4, 0.5) is 0 Å². The van der Waals surface area contributed by atoms with Crippen LogP contribution in [-0.2, 0) is 20.7 Å². The maximum absolute atomic E-state index is 11.8. The van der Waals surface area contributed by atoms with E-state index in [1.807, 2.05) is 6.07 Å². The smallest absolute Gasteiger partial charge is 0.338 e. The first-order chi connectivity index (χ1) is 9.99. The van der Waals surface area contributed by atoms with Crippen molar-refractivity contribution in [1.82, 2.24) is 0 Å². The average Bonchev–Trinajstić information content (AvgIpc) is 2.85. The molecule has 0 aliphatic carbocycles. The molecule has 0 saturated carbocycles. The van der Waals surface area contributed by atoms with E-state index in [4.69, 9.17) is 9.15 Å². The number of carbonyl (C=O) groups excluding carboxylic acids is 2. The van der Waals surface area contributed by atoms with Crippen LogP contribution in [0.25, 0.3) is 11.0 Å². The molecule has 21 heavy (non-hydrogen) atoms. The molecule has 2 rings (SSSR count). The Bertz CT molecular complexity index is 654. The van der Waals surface area contributed by atoms with Gasteiger partial charge in [0, 0.05) is 11.8 Å². The molecule has 0 aliphatic rings. The number of fused-ring (bicyclic) bond motifs is 1. The lowest BCUT2D eigenvalue weighted by molar-refractivity contribution is -0.140. The van der Waals surface area contributed by atoms with E-state index in [-0.39, 0.29) is 24.5 Å². The van der Waals surface area contributed by atoms with Gasteiger partial charge in [0.05, 0.1) is 25.2 Å². The van der Waals surface area contributed by atoms with Gasteiger partial charge in [-0.25, -0.2) is 4.79 Å². The standard InChI is InChI=1S/C16H18O5/c1-10(2)20-16(18)11-4-6-14-12(8-11)9-13(21-14)5-7-15(17)19-3/h4,6,8-10H,5,7H2,1-3H3. The Kier molecular flexibility index (Phi) is 4.62. The molecule has 0 spiro atoms. The van der Waals surface area contributed by atoms with Crippen molar-refractivity contribution < 1.29 is 23.5 Å². The van der Waals surface area contributed by atoms with Crippen LogP contribution in [0.2, 0.25) is 0 Å². The third kappa shape index (κ3) is 3.84. The van der Waals surface area contributed by atoms with Crippen molar-refractivity contribution >= 4 is 22.9 Å². The minimum absolute atomic E-state index is 0.159. The zero-order valence-corrected chi connectivity index (χ0v) is 12.3. The molecule has 112 valence electrons. The summed E-state index contributed by atoms with van der Waals surface area (Å²) < 4.78 is 15.4. The maximum atomic E-state index is 11.8. The highest BCUT2D eigenvalue weighted by Crippen LogP contribution is 2.22. The molecule has 1 aromatic heterocycles. The van der Waals surface area contributed by atoms with Gasteiger partial charge in [0.15, 0.2) is 0 Å². The number of aryl methyl sites for hydroxylation is 1. The van der Waals surface area contributed by atoms with Gasteiger partial charge < -0.3 is 13.9 Å². The summed E-state index contributed by atoms with van der Waals surface area (Å²) in [6.07, 6.45) is 0.569. The number of ether oxygens (including phenoxy) is 2. The summed E-state index contributed by atoms with van der Waals surface area (Å²) in [7, 11) is 1.35. The monoisotopic (exact) mass is 290 g/mol. The van der Waals surface area contributed by atoms with Crippen LogP contribution in [0.3, 0.4) is 0 Å². The van der Waals surface area contributed by atoms with Crippen LogP contribution in [0.1, 0.15) is 36.4 Å². The number of hydrogen-bond acceptors (Lipinski definition) is 5. The minimum Gasteiger partial charge on any atom is -0.469 e. The predicted octanol–water partition coefficient (Wildman–Crippen LogP) is 3.10. The predicted molar refractivity (Wildman–Crippen MR) is 77.1 cm³/mol. The first kappa shape index (κ1) is 15.1. The van der Waals surface area contributed by atoms with Gasteiger partial charge in [-0.3, -0.25) is 4.79 Å². The SMILES string of the molecule is COC(=O)CCc1cc2cc(C(=O)OC(C)C)ccc2o1. The number of furan rings is 1. The van der Waals surface area contributed by atoms with E-state index in [1.54, 1.807) is 32.0 Å². The summed E-state index contributed by atoms with van der Waals surface area (Å²) in [5, 5.41) is 0.813. The maximum Gasteiger partial charge on any atom is 0.338 e. The van der Waals surface area contributed by atoms with Crippen molar-refractivity contribution in [1.29, 1.82) is 0 Å². The summed E-state index contributed by atoms with van der Waals surface area (Å²) in [5.41, 5.74) is 1.16. The molecule has 0 N–H and O–H groups in total. The van der Waals surface area contributed by atoms with Crippen molar-refractivity contribution in [3.8, 4) is 0 Å². The fourth-order valence-corrected chi connectivity index (χ4v) is 1.96. The lowest BCUT2D eigenvalue weighted by Gasteiger charge is -2.07. The number of hydrogen-bond donors (Lipinski definition) is 0. The Hall–Kier alpha value is -2.30. The van der Waals surface area contributed by atoms with Crippen molar-refractivity contribution in [2.24, 2.45) is 0 Å². The molecule has 0 bridgehead atoms. The first-order valence-electron chi connectivity index (χ1n) is 6.80. The largest absolute Gasteiger partial charge is 0.469 e. The third-order valence-corrected chi connectivity index (χ3v) is 2.95. The van der Waals surface area contributed by atoms with E-state index in [1.165, 1.54) is 7.11 Å². The minimum atomic E-state index is -0.357. The van der Waals surface area contributed by atoms with Crippen molar-refractivity contribution in [3.63, 3.8) is 0 Å². The van der Waals surface area contributed by atoms with Gasteiger partial charge in [0.2, 0.25) is 0 Å². The molecule has 0 amide bonds. The van der Waals surface area contributed by atoms with E-state index in [2.05, 4.69) is 4.74 Å². The van der Waals surface area contributed by atoms with Crippen molar-refractivity contribution in [3.05, 3.63) is 35.6 Å². The lowest BCUT2D eigenvalue weighted by Crippen LogP contribution is -2.11. The van der Waals surface area contributed by atoms with Gasteiger partial charge >= 0.3 is 11.9 Å². The lowest BCUT2D eigenvalue weighted by atomic mass is 10.1. The number of methoxy groups -OCH3 is 1. The number of carbonyl (C=O) groups is 2. The summed E-state index contributed by atoms with van der Waals surface area (Å²) in [4.78, 5) is 23.0.